The third kappa shape index (κ3) is 5.95. The number of benzene rings is 1. The molecule has 1 aliphatic rings. The molecule has 0 aromatic heterocycles. The summed E-state index contributed by atoms with van der Waals surface area (Å²) in [4.78, 5) is 22.5. The highest BCUT2D eigenvalue weighted by Crippen LogP contribution is 2.42. The van der Waals surface area contributed by atoms with Crippen LogP contribution in [0.5, 0.6) is 11.5 Å². The molecule has 1 aromatic rings. The molecule has 1 fully saturated rings. The largest absolute Gasteiger partial charge is 0.490 e. The number of hydrogen-bond acceptors (Lipinski definition) is 7. The first-order valence-corrected chi connectivity index (χ1v) is 10.9. The van der Waals surface area contributed by atoms with E-state index in [1.807, 2.05) is 13.8 Å². The Morgan fingerprint density at radius 2 is 2.11 bits per heavy atom. The predicted octanol–water partition coefficient (Wildman–Crippen LogP) is 3.80. The Hall–Kier alpha value is -1.59. The average molecular weight is 537 g/mol. The van der Waals surface area contributed by atoms with Crippen molar-refractivity contribution in [3.8, 4) is 11.5 Å². The molecule has 1 saturated heterocycles. The number of rotatable bonds is 9. The van der Waals surface area contributed by atoms with Gasteiger partial charge in [0.15, 0.2) is 16.7 Å². The van der Waals surface area contributed by atoms with E-state index in [2.05, 4.69) is 47.4 Å². The van der Waals surface area contributed by atoms with E-state index in [1.165, 1.54) is 6.21 Å². The molecule has 1 aliphatic heterocycles. The van der Waals surface area contributed by atoms with Gasteiger partial charge in [0.25, 0.3) is 0 Å². The van der Waals surface area contributed by atoms with Gasteiger partial charge in [-0.05, 0) is 51.3 Å². The molecule has 0 aliphatic carbocycles. The molecule has 152 valence electrons. The minimum absolute atomic E-state index is 0.260. The van der Waals surface area contributed by atoms with E-state index in [1.54, 1.807) is 6.07 Å². The number of thioether (sulfide) groups is 1. The van der Waals surface area contributed by atoms with Crippen LogP contribution in [0.4, 0.5) is 0 Å². The normalized spacial score (nSPS) is 17.9. The van der Waals surface area contributed by atoms with Gasteiger partial charge >= 0.3 is 5.97 Å². The topological polar surface area (TPSA) is 110 Å². The standard InChI is InChI=1S/C17H19Br2N3O5S/c1-3-5-27-15-10(26-4-2)6-9(13(18)14(15)19)8-20-22-17-21-16(25)11(28-17)7-12(23)24/h6,8,11H,3-5,7H2,1-2H3,(H,23,24)(H,21,22,25). The van der Waals surface area contributed by atoms with E-state index in [-0.39, 0.29) is 17.5 Å². The molecule has 1 heterocycles. The number of carbonyl (C=O) groups is 2. The molecule has 8 nitrogen and oxygen atoms in total. The van der Waals surface area contributed by atoms with Crippen LogP contribution in [0.3, 0.4) is 0 Å². The molecule has 1 amide bonds. The first-order chi connectivity index (χ1) is 13.4. The Labute approximate surface area is 183 Å². The summed E-state index contributed by atoms with van der Waals surface area (Å²) in [6, 6.07) is 1.78. The van der Waals surface area contributed by atoms with E-state index in [0.717, 1.165) is 22.7 Å². The van der Waals surface area contributed by atoms with E-state index in [0.29, 0.717) is 34.7 Å². The summed E-state index contributed by atoms with van der Waals surface area (Å²) in [5, 5.41) is 18.8. The van der Waals surface area contributed by atoms with Crippen LogP contribution in [0.15, 0.2) is 25.2 Å². The number of nitrogens with one attached hydrogen (secondary N) is 1. The highest BCUT2D eigenvalue weighted by Gasteiger charge is 2.32. The number of nitrogens with zero attached hydrogens (tertiary/aromatic N) is 2. The fourth-order valence-electron chi connectivity index (χ4n) is 2.19. The third-order valence-electron chi connectivity index (χ3n) is 3.39. The lowest BCUT2D eigenvalue weighted by Gasteiger charge is -2.15. The van der Waals surface area contributed by atoms with Crippen LogP contribution in [-0.2, 0) is 9.59 Å². The number of hydrogen-bond donors (Lipinski definition) is 2. The lowest BCUT2D eigenvalue weighted by Crippen LogP contribution is -2.26. The summed E-state index contributed by atoms with van der Waals surface area (Å²) in [6.45, 7) is 4.93. The molecule has 2 N–H and O–H groups in total. The summed E-state index contributed by atoms with van der Waals surface area (Å²) < 4.78 is 12.9. The molecule has 1 atom stereocenters. The fraction of sp³-hybridized carbons (Fsp3) is 0.412. The van der Waals surface area contributed by atoms with Crippen molar-refractivity contribution >= 4 is 66.9 Å². The van der Waals surface area contributed by atoms with Crippen molar-refractivity contribution in [1.82, 2.24) is 5.32 Å². The van der Waals surface area contributed by atoms with E-state index in [4.69, 9.17) is 14.6 Å². The van der Waals surface area contributed by atoms with Crippen LogP contribution in [-0.4, -0.2) is 46.8 Å². The minimum atomic E-state index is -1.04. The Morgan fingerprint density at radius 3 is 2.75 bits per heavy atom. The number of halogens is 2. The molecule has 11 heteroatoms. The van der Waals surface area contributed by atoms with Crippen molar-refractivity contribution in [1.29, 1.82) is 0 Å². The molecule has 28 heavy (non-hydrogen) atoms. The summed E-state index contributed by atoms with van der Waals surface area (Å²) >= 11 is 8.06. The lowest BCUT2D eigenvalue weighted by atomic mass is 10.2. The lowest BCUT2D eigenvalue weighted by molar-refractivity contribution is -0.138. The van der Waals surface area contributed by atoms with Gasteiger partial charge in [-0.1, -0.05) is 18.7 Å². The molecule has 0 spiro atoms. The third-order valence-corrected chi connectivity index (χ3v) is 6.60. The molecule has 0 saturated carbocycles. The second-order valence-corrected chi connectivity index (χ2v) is 8.32. The monoisotopic (exact) mass is 535 g/mol. The van der Waals surface area contributed by atoms with Crippen LogP contribution >= 0.6 is 43.6 Å². The molecule has 0 bridgehead atoms. The van der Waals surface area contributed by atoms with Crippen LogP contribution < -0.4 is 14.8 Å². The number of aliphatic carboxylic acids is 1. The zero-order valence-electron chi connectivity index (χ0n) is 15.2. The van der Waals surface area contributed by atoms with Gasteiger partial charge in [-0.2, -0.15) is 5.10 Å². The second kappa shape index (κ2) is 10.8. The Balaban J connectivity index is 2.21. The molecule has 2 rings (SSSR count). The van der Waals surface area contributed by atoms with Crippen molar-refractivity contribution in [2.75, 3.05) is 13.2 Å². The molecule has 1 aromatic carbocycles. The minimum Gasteiger partial charge on any atom is -0.490 e. The first kappa shape index (κ1) is 22.7. The number of carboxylic acid groups (broad SMARTS) is 1. The maximum absolute atomic E-state index is 11.7. The van der Waals surface area contributed by atoms with Gasteiger partial charge in [0.05, 0.1) is 30.3 Å². The number of carboxylic acids is 1. The van der Waals surface area contributed by atoms with E-state index >= 15 is 0 Å². The van der Waals surface area contributed by atoms with Crippen molar-refractivity contribution in [2.24, 2.45) is 10.2 Å². The quantitative estimate of drug-likeness (QED) is 0.367. The van der Waals surface area contributed by atoms with Gasteiger partial charge in [-0.3, -0.25) is 9.59 Å². The van der Waals surface area contributed by atoms with Crippen LogP contribution in [0.25, 0.3) is 0 Å². The van der Waals surface area contributed by atoms with Crippen LogP contribution in [0.2, 0.25) is 0 Å². The summed E-state index contributed by atoms with van der Waals surface area (Å²) in [6.07, 6.45) is 2.10. The van der Waals surface area contributed by atoms with E-state index < -0.39 is 11.2 Å². The Morgan fingerprint density at radius 1 is 1.36 bits per heavy atom. The molecule has 0 radical (unpaired) electrons. The van der Waals surface area contributed by atoms with Crippen molar-refractivity contribution < 1.29 is 24.2 Å². The van der Waals surface area contributed by atoms with E-state index in [9.17, 15) is 9.59 Å². The van der Waals surface area contributed by atoms with Gasteiger partial charge in [0.2, 0.25) is 5.91 Å². The van der Waals surface area contributed by atoms with Crippen molar-refractivity contribution in [3.63, 3.8) is 0 Å². The second-order valence-electron chi connectivity index (χ2n) is 5.55. The maximum atomic E-state index is 11.7. The highest BCUT2D eigenvalue weighted by atomic mass is 79.9. The molecule has 1 unspecified atom stereocenters. The van der Waals surface area contributed by atoms with Crippen LogP contribution in [0, 0.1) is 0 Å². The first-order valence-electron chi connectivity index (χ1n) is 8.45. The smallest absolute Gasteiger partial charge is 0.305 e. The molecular formula is C17H19Br2N3O5S. The van der Waals surface area contributed by atoms with Gasteiger partial charge in [0, 0.05) is 10.0 Å². The summed E-state index contributed by atoms with van der Waals surface area (Å²) in [5.74, 6) is -0.249. The SMILES string of the molecule is CCCOc1c(OCC)cc(C=NN=C2NC(=O)C(CC(=O)O)S2)c(Br)c1Br. The highest BCUT2D eigenvalue weighted by molar-refractivity contribution is 9.13. The van der Waals surface area contributed by atoms with Crippen molar-refractivity contribution in [3.05, 3.63) is 20.6 Å². The average Bonchev–Trinajstić information content (AvgIpc) is 2.98. The van der Waals surface area contributed by atoms with Crippen molar-refractivity contribution in [2.45, 2.75) is 31.9 Å². The number of amidine groups is 1. The van der Waals surface area contributed by atoms with Gasteiger partial charge in [0.1, 0.15) is 5.25 Å². The summed E-state index contributed by atoms with van der Waals surface area (Å²) in [7, 11) is 0. The zero-order chi connectivity index (χ0) is 20.7. The predicted molar refractivity (Wildman–Crippen MR) is 116 cm³/mol. The molecular weight excluding hydrogens is 518 g/mol. The van der Waals surface area contributed by atoms with Gasteiger partial charge in [-0.25, -0.2) is 0 Å². The zero-order valence-corrected chi connectivity index (χ0v) is 19.2. The fourth-order valence-corrected chi connectivity index (χ4v) is 4.04. The number of ether oxygens (including phenoxy) is 2. The Bertz CT molecular complexity index is 816. The number of carbonyl (C=O) groups excluding carboxylic acids is 1. The Kier molecular flexibility index (Phi) is 8.77. The summed E-state index contributed by atoms with van der Waals surface area (Å²) in [5.41, 5.74) is 0.694. The maximum Gasteiger partial charge on any atom is 0.305 e. The van der Waals surface area contributed by atoms with Gasteiger partial charge in [-0.15, -0.1) is 5.10 Å². The van der Waals surface area contributed by atoms with Crippen LogP contribution in [0.1, 0.15) is 32.3 Å². The number of amides is 1. The van der Waals surface area contributed by atoms with Gasteiger partial charge < -0.3 is 19.9 Å².